The highest BCUT2D eigenvalue weighted by Crippen LogP contribution is 2.19. The van der Waals surface area contributed by atoms with E-state index in [1.54, 1.807) is 16.2 Å². The first-order valence-corrected chi connectivity index (χ1v) is 7.61. The van der Waals surface area contributed by atoms with Crippen LogP contribution < -0.4 is 5.73 Å². The molecule has 1 amide bonds. The van der Waals surface area contributed by atoms with Gasteiger partial charge in [-0.25, -0.2) is 0 Å². The number of halogens is 1. The van der Waals surface area contributed by atoms with Crippen LogP contribution >= 0.6 is 46.1 Å². The van der Waals surface area contributed by atoms with Crippen LogP contribution in [0.2, 0.25) is 0 Å². The third-order valence-electron chi connectivity index (χ3n) is 2.30. The molecule has 94 valence electrons. The van der Waals surface area contributed by atoms with Crippen LogP contribution in [0.4, 0.5) is 0 Å². The van der Waals surface area contributed by atoms with E-state index in [1.165, 1.54) is 0 Å². The Hall–Kier alpha value is -0.210. The van der Waals surface area contributed by atoms with E-state index in [2.05, 4.69) is 22.6 Å². The fourth-order valence-corrected chi connectivity index (χ4v) is 2.82. The molecule has 1 aromatic heterocycles. The van der Waals surface area contributed by atoms with E-state index in [4.69, 9.17) is 18.0 Å². The second-order valence-corrected chi connectivity index (χ2v) is 7.28. The highest BCUT2D eigenvalue weighted by Gasteiger charge is 2.19. The zero-order valence-electron chi connectivity index (χ0n) is 9.77. The topological polar surface area (TPSA) is 46.3 Å². The van der Waals surface area contributed by atoms with Crippen LogP contribution in [0.25, 0.3) is 0 Å². The summed E-state index contributed by atoms with van der Waals surface area (Å²) in [5, 5.41) is 1.89. The Morgan fingerprint density at radius 1 is 1.65 bits per heavy atom. The van der Waals surface area contributed by atoms with Gasteiger partial charge in [0.15, 0.2) is 0 Å². The Kier molecular flexibility index (Phi) is 5.81. The van der Waals surface area contributed by atoms with Crippen LogP contribution in [0.1, 0.15) is 30.6 Å². The zero-order valence-corrected chi connectivity index (χ0v) is 13.6. The molecule has 3 nitrogen and oxygen atoms in total. The average molecular weight is 382 g/mol. The van der Waals surface area contributed by atoms with Crippen molar-refractivity contribution in [1.29, 1.82) is 0 Å². The van der Waals surface area contributed by atoms with E-state index in [0.717, 1.165) is 8.45 Å². The summed E-state index contributed by atoms with van der Waals surface area (Å²) in [4.78, 5) is 14.5. The van der Waals surface area contributed by atoms with Crippen LogP contribution in [-0.4, -0.2) is 28.4 Å². The summed E-state index contributed by atoms with van der Waals surface area (Å²) in [5.41, 5.74) is 6.22. The van der Waals surface area contributed by atoms with Gasteiger partial charge in [-0.1, -0.05) is 12.2 Å². The third kappa shape index (κ3) is 4.51. The molecule has 0 saturated carbocycles. The van der Waals surface area contributed by atoms with Crippen LogP contribution in [0.15, 0.2) is 11.4 Å². The van der Waals surface area contributed by atoms with Crippen LogP contribution in [0, 0.1) is 2.88 Å². The van der Waals surface area contributed by atoms with Gasteiger partial charge in [0.05, 0.1) is 13.4 Å². The van der Waals surface area contributed by atoms with E-state index in [-0.39, 0.29) is 11.9 Å². The molecule has 6 heteroatoms. The van der Waals surface area contributed by atoms with Gasteiger partial charge in [0.1, 0.15) is 0 Å². The molecular weight excluding hydrogens is 367 g/mol. The second kappa shape index (κ2) is 6.65. The molecule has 0 bridgehead atoms. The van der Waals surface area contributed by atoms with E-state index in [0.29, 0.717) is 18.0 Å². The Labute approximate surface area is 125 Å². The van der Waals surface area contributed by atoms with E-state index in [9.17, 15) is 4.79 Å². The molecule has 1 rings (SSSR count). The summed E-state index contributed by atoms with van der Waals surface area (Å²) in [6.07, 6.45) is 0.570. The first kappa shape index (κ1) is 14.8. The maximum atomic E-state index is 12.3. The molecule has 0 saturated heterocycles. The molecule has 0 aliphatic rings. The van der Waals surface area contributed by atoms with Crippen LogP contribution in [-0.2, 0) is 0 Å². The number of nitrogens with two attached hydrogens (primary N) is 1. The smallest absolute Gasteiger partial charge is 0.254 e. The lowest BCUT2D eigenvalue weighted by atomic mass is 10.2. The largest absolute Gasteiger partial charge is 0.393 e. The van der Waals surface area contributed by atoms with E-state index >= 15 is 0 Å². The number of rotatable bonds is 5. The predicted molar refractivity (Wildman–Crippen MR) is 84.6 cm³/mol. The molecule has 0 fully saturated rings. The summed E-state index contributed by atoms with van der Waals surface area (Å²) >= 11 is 8.64. The van der Waals surface area contributed by atoms with Gasteiger partial charge in [-0.3, -0.25) is 4.79 Å². The monoisotopic (exact) mass is 382 g/mol. The van der Waals surface area contributed by atoms with Crippen molar-refractivity contribution < 1.29 is 4.79 Å². The minimum atomic E-state index is 0.0513. The minimum absolute atomic E-state index is 0.0513. The fourth-order valence-electron chi connectivity index (χ4n) is 1.41. The Bertz CT molecular complexity index is 417. The predicted octanol–water partition coefficient (Wildman–Crippen LogP) is 2.88. The Balaban J connectivity index is 2.77. The van der Waals surface area contributed by atoms with Gasteiger partial charge in [0.25, 0.3) is 5.91 Å². The summed E-state index contributed by atoms with van der Waals surface area (Å²) in [6.45, 7) is 4.57. The summed E-state index contributed by atoms with van der Waals surface area (Å²) < 4.78 is 1.11. The molecule has 0 aliphatic carbocycles. The highest BCUT2D eigenvalue weighted by atomic mass is 127. The molecule has 1 aromatic rings. The molecule has 0 radical (unpaired) electrons. The van der Waals surface area contributed by atoms with Crippen molar-refractivity contribution >= 4 is 57.0 Å². The lowest BCUT2D eigenvalue weighted by molar-refractivity contribution is 0.0712. The Morgan fingerprint density at radius 3 is 2.71 bits per heavy atom. The molecular formula is C11H15IN2OS2. The van der Waals surface area contributed by atoms with Gasteiger partial charge < -0.3 is 10.6 Å². The minimum Gasteiger partial charge on any atom is -0.393 e. The van der Waals surface area contributed by atoms with Gasteiger partial charge in [-0.15, -0.1) is 11.3 Å². The van der Waals surface area contributed by atoms with Crippen molar-refractivity contribution in [2.75, 3.05) is 6.54 Å². The maximum Gasteiger partial charge on any atom is 0.254 e. The number of carbonyl (C=O) groups is 1. The number of hydrogen-bond donors (Lipinski definition) is 1. The second-order valence-electron chi connectivity index (χ2n) is 3.95. The van der Waals surface area contributed by atoms with E-state index in [1.807, 2.05) is 25.3 Å². The number of thiocarbonyl (C=S) groups is 1. The number of carbonyl (C=O) groups excluding carboxylic acids is 1. The lowest BCUT2D eigenvalue weighted by Crippen LogP contribution is -2.38. The Morgan fingerprint density at radius 2 is 2.29 bits per heavy atom. The molecule has 1 heterocycles. The summed E-state index contributed by atoms with van der Waals surface area (Å²) in [6, 6.07) is 2.05. The first-order chi connectivity index (χ1) is 7.91. The number of thiophene rings is 1. The molecule has 0 aromatic carbocycles. The standard InChI is InChI=1S/C11H15IN2OS2/c1-7(2)14(4-3-10(13)16)11(15)8-5-9(12)17-6-8/h5-7H,3-4H2,1-2H3,(H2,13,16). The molecule has 0 spiro atoms. The zero-order chi connectivity index (χ0) is 13.0. The molecule has 0 aliphatic heterocycles. The molecule has 17 heavy (non-hydrogen) atoms. The molecule has 0 atom stereocenters. The van der Waals surface area contributed by atoms with Crippen molar-refractivity contribution in [1.82, 2.24) is 4.90 Å². The van der Waals surface area contributed by atoms with Crippen molar-refractivity contribution in [2.24, 2.45) is 5.73 Å². The quantitative estimate of drug-likeness (QED) is 0.629. The molecule has 0 unspecified atom stereocenters. The van der Waals surface area contributed by atoms with Gasteiger partial charge >= 0.3 is 0 Å². The van der Waals surface area contributed by atoms with E-state index < -0.39 is 0 Å². The number of hydrogen-bond acceptors (Lipinski definition) is 3. The van der Waals surface area contributed by atoms with Gasteiger partial charge in [-0.2, -0.15) is 0 Å². The average Bonchev–Trinajstić information content (AvgIpc) is 2.63. The summed E-state index contributed by atoms with van der Waals surface area (Å²) in [5.74, 6) is 0.0513. The third-order valence-corrected chi connectivity index (χ3v) is 4.29. The number of nitrogens with zero attached hydrogens (tertiary/aromatic N) is 1. The first-order valence-electron chi connectivity index (χ1n) is 5.25. The van der Waals surface area contributed by atoms with Gasteiger partial charge in [0.2, 0.25) is 0 Å². The highest BCUT2D eigenvalue weighted by molar-refractivity contribution is 14.1. The van der Waals surface area contributed by atoms with Crippen molar-refractivity contribution in [3.63, 3.8) is 0 Å². The maximum absolute atomic E-state index is 12.3. The normalized spacial score (nSPS) is 10.6. The van der Waals surface area contributed by atoms with Crippen molar-refractivity contribution in [2.45, 2.75) is 26.3 Å². The number of amides is 1. The summed E-state index contributed by atoms with van der Waals surface area (Å²) in [7, 11) is 0. The lowest BCUT2D eigenvalue weighted by Gasteiger charge is -2.26. The van der Waals surface area contributed by atoms with Gasteiger partial charge in [-0.05, 0) is 42.5 Å². The van der Waals surface area contributed by atoms with Crippen molar-refractivity contribution in [3.8, 4) is 0 Å². The SMILES string of the molecule is CC(C)N(CCC(N)=S)C(=O)c1csc(I)c1. The van der Waals surface area contributed by atoms with Crippen molar-refractivity contribution in [3.05, 3.63) is 19.9 Å². The fraction of sp³-hybridized carbons (Fsp3) is 0.455. The van der Waals surface area contributed by atoms with Crippen LogP contribution in [0.5, 0.6) is 0 Å². The van der Waals surface area contributed by atoms with Gasteiger partial charge in [0, 0.05) is 24.4 Å². The van der Waals surface area contributed by atoms with Crippen LogP contribution in [0.3, 0.4) is 0 Å². The molecule has 2 N–H and O–H groups in total.